The molecule has 1 atom stereocenters. The number of esters is 3. The Kier molecular flexibility index (Phi) is 57.5. The zero-order valence-electron chi connectivity index (χ0n) is 48.0. The van der Waals surface area contributed by atoms with Crippen LogP contribution in [0.15, 0.2) is 158 Å². The van der Waals surface area contributed by atoms with E-state index < -0.39 is 6.10 Å². The topological polar surface area (TPSA) is 78.9 Å². The summed E-state index contributed by atoms with van der Waals surface area (Å²) >= 11 is 0. The molecule has 0 saturated carbocycles. The van der Waals surface area contributed by atoms with Gasteiger partial charge < -0.3 is 14.2 Å². The van der Waals surface area contributed by atoms with E-state index in [1.807, 2.05) is 0 Å². The largest absolute Gasteiger partial charge is 0.462 e. The molecular formula is C69H108O6. The minimum Gasteiger partial charge on any atom is -0.462 e. The zero-order chi connectivity index (χ0) is 54.3. The van der Waals surface area contributed by atoms with E-state index in [0.29, 0.717) is 12.8 Å². The Morgan fingerprint density at radius 2 is 0.520 bits per heavy atom. The minimum atomic E-state index is -0.813. The average Bonchev–Trinajstić information content (AvgIpc) is 3.41. The summed E-state index contributed by atoms with van der Waals surface area (Å²) in [7, 11) is 0. The van der Waals surface area contributed by atoms with E-state index in [0.717, 1.165) is 173 Å². The number of carbonyl (C=O) groups is 3. The van der Waals surface area contributed by atoms with E-state index >= 15 is 0 Å². The number of unbranched alkanes of at least 4 members (excludes halogenated alkanes) is 15. The third kappa shape index (κ3) is 59.8. The maximum Gasteiger partial charge on any atom is 0.306 e. The molecule has 0 rings (SSSR count). The standard InChI is InChI=1S/C69H108O6/c1-4-7-10-13-16-19-22-24-26-28-29-30-31-32-33-34-35-36-37-38-39-41-42-44-47-50-53-56-59-62-68(71)74-65-66(64-73-67(70)61-58-55-52-49-46-21-18-15-12-9-6-3)75-69(72)63-60-57-54-51-48-45-43-40-27-25-23-20-17-14-11-8-5-2/h7-8,10-11,15-20,24-27,29-30,32-33,35-36,38-39,42-45,66H,4-6,9,12-14,21-23,28,31,34,37,40-41,46-65H2,1-3H3/b10-7-,11-8-,18-15-,19-16-,20-17-,26-24-,27-25-,30-29-,33-32-,36-35-,39-38-,44-42-,45-43-. The smallest absolute Gasteiger partial charge is 0.306 e. The molecule has 6 nitrogen and oxygen atoms in total. The van der Waals surface area contributed by atoms with Gasteiger partial charge in [-0.15, -0.1) is 0 Å². The van der Waals surface area contributed by atoms with Gasteiger partial charge in [0.15, 0.2) is 6.10 Å². The second-order valence-corrected chi connectivity index (χ2v) is 19.1. The quantitative estimate of drug-likeness (QED) is 0.0261. The van der Waals surface area contributed by atoms with Crippen molar-refractivity contribution in [3.8, 4) is 0 Å². The molecular weight excluding hydrogens is 925 g/mol. The molecule has 0 bridgehead atoms. The van der Waals surface area contributed by atoms with Crippen LogP contribution in [0.1, 0.15) is 239 Å². The molecule has 6 heteroatoms. The summed E-state index contributed by atoms with van der Waals surface area (Å²) in [6, 6.07) is 0. The lowest BCUT2D eigenvalue weighted by molar-refractivity contribution is -0.167. The highest BCUT2D eigenvalue weighted by atomic mass is 16.6. The molecule has 0 aliphatic rings. The van der Waals surface area contributed by atoms with Crippen LogP contribution in [0.2, 0.25) is 0 Å². The molecule has 0 fully saturated rings. The first kappa shape index (κ1) is 70.0. The summed E-state index contributed by atoms with van der Waals surface area (Å²) < 4.78 is 16.8. The van der Waals surface area contributed by atoms with Gasteiger partial charge in [-0.1, -0.05) is 237 Å². The predicted molar refractivity (Wildman–Crippen MR) is 325 cm³/mol. The normalized spacial score (nSPS) is 13.3. The highest BCUT2D eigenvalue weighted by Gasteiger charge is 2.19. The van der Waals surface area contributed by atoms with Crippen LogP contribution < -0.4 is 0 Å². The van der Waals surface area contributed by atoms with Crippen molar-refractivity contribution in [2.75, 3.05) is 13.2 Å². The first-order chi connectivity index (χ1) is 37.0. The van der Waals surface area contributed by atoms with Gasteiger partial charge in [0, 0.05) is 19.3 Å². The fourth-order valence-corrected chi connectivity index (χ4v) is 7.55. The predicted octanol–water partition coefficient (Wildman–Crippen LogP) is 20.5. The van der Waals surface area contributed by atoms with Gasteiger partial charge in [0.2, 0.25) is 0 Å². The lowest BCUT2D eigenvalue weighted by Crippen LogP contribution is -2.30. The van der Waals surface area contributed by atoms with Crippen LogP contribution in [-0.4, -0.2) is 37.2 Å². The molecule has 0 aromatic rings. The molecule has 0 N–H and O–H groups in total. The summed E-state index contributed by atoms with van der Waals surface area (Å²) in [5.41, 5.74) is 0. The van der Waals surface area contributed by atoms with Crippen molar-refractivity contribution in [3.05, 3.63) is 158 Å². The van der Waals surface area contributed by atoms with Gasteiger partial charge in [-0.25, -0.2) is 0 Å². The van der Waals surface area contributed by atoms with Crippen molar-refractivity contribution in [1.82, 2.24) is 0 Å². The first-order valence-electron chi connectivity index (χ1n) is 30.0. The number of hydrogen-bond acceptors (Lipinski definition) is 6. The van der Waals surface area contributed by atoms with Crippen molar-refractivity contribution in [2.45, 2.75) is 245 Å². The van der Waals surface area contributed by atoms with E-state index in [1.54, 1.807) is 0 Å². The number of carbonyl (C=O) groups excluding carboxylic acids is 3. The summed E-state index contributed by atoms with van der Waals surface area (Å²) in [5, 5.41) is 0. The van der Waals surface area contributed by atoms with Crippen LogP contribution in [0.5, 0.6) is 0 Å². The number of hydrogen-bond donors (Lipinski definition) is 0. The fourth-order valence-electron chi connectivity index (χ4n) is 7.55. The summed E-state index contributed by atoms with van der Waals surface area (Å²) in [6.45, 7) is 6.31. The third-order valence-electron chi connectivity index (χ3n) is 12.0. The average molecular weight is 1030 g/mol. The number of allylic oxidation sites excluding steroid dienone is 26. The molecule has 0 aliphatic carbocycles. The number of ether oxygens (including phenoxy) is 3. The van der Waals surface area contributed by atoms with E-state index in [1.165, 1.54) is 25.7 Å². The Morgan fingerprint density at radius 1 is 0.280 bits per heavy atom. The Labute approximate surface area is 460 Å². The van der Waals surface area contributed by atoms with Gasteiger partial charge in [-0.05, 0) is 141 Å². The molecule has 75 heavy (non-hydrogen) atoms. The lowest BCUT2D eigenvalue weighted by atomic mass is 10.1. The minimum absolute atomic E-state index is 0.107. The van der Waals surface area contributed by atoms with Crippen LogP contribution in [0, 0.1) is 0 Å². The van der Waals surface area contributed by atoms with Crippen LogP contribution in [0.25, 0.3) is 0 Å². The monoisotopic (exact) mass is 1030 g/mol. The van der Waals surface area contributed by atoms with Gasteiger partial charge in [0.25, 0.3) is 0 Å². The zero-order valence-corrected chi connectivity index (χ0v) is 48.0. The summed E-state index contributed by atoms with van der Waals surface area (Å²) in [4.78, 5) is 38.1. The lowest BCUT2D eigenvalue weighted by Gasteiger charge is -2.18. The highest BCUT2D eigenvalue weighted by Crippen LogP contribution is 2.13. The Hall–Kier alpha value is -4.97. The maximum absolute atomic E-state index is 12.9. The van der Waals surface area contributed by atoms with Gasteiger partial charge in [0.1, 0.15) is 13.2 Å². The Bertz CT molecular complexity index is 1710. The maximum atomic E-state index is 12.9. The second-order valence-electron chi connectivity index (χ2n) is 19.1. The molecule has 0 heterocycles. The van der Waals surface area contributed by atoms with Crippen molar-refractivity contribution < 1.29 is 28.6 Å². The van der Waals surface area contributed by atoms with Gasteiger partial charge in [-0.3, -0.25) is 14.4 Å². The second kappa shape index (κ2) is 61.6. The molecule has 0 aromatic heterocycles. The molecule has 0 spiro atoms. The van der Waals surface area contributed by atoms with Gasteiger partial charge in [-0.2, -0.15) is 0 Å². The molecule has 1 unspecified atom stereocenters. The van der Waals surface area contributed by atoms with E-state index in [9.17, 15) is 14.4 Å². The van der Waals surface area contributed by atoms with E-state index in [-0.39, 0.29) is 37.5 Å². The van der Waals surface area contributed by atoms with Crippen LogP contribution in [0.4, 0.5) is 0 Å². The Morgan fingerprint density at radius 3 is 0.827 bits per heavy atom. The molecule has 0 radical (unpaired) electrons. The van der Waals surface area contributed by atoms with Crippen LogP contribution >= 0.6 is 0 Å². The van der Waals surface area contributed by atoms with Gasteiger partial charge in [0.05, 0.1) is 0 Å². The summed E-state index contributed by atoms with van der Waals surface area (Å²) in [6.07, 6.45) is 89.5. The van der Waals surface area contributed by atoms with Crippen molar-refractivity contribution in [3.63, 3.8) is 0 Å². The van der Waals surface area contributed by atoms with Crippen LogP contribution in [-0.2, 0) is 28.6 Å². The van der Waals surface area contributed by atoms with Gasteiger partial charge >= 0.3 is 17.9 Å². The van der Waals surface area contributed by atoms with Crippen molar-refractivity contribution in [1.29, 1.82) is 0 Å². The van der Waals surface area contributed by atoms with E-state index in [2.05, 4.69) is 179 Å². The number of rotatable bonds is 52. The molecule has 420 valence electrons. The summed E-state index contributed by atoms with van der Waals surface area (Å²) in [5.74, 6) is -0.974. The molecule has 0 aliphatic heterocycles. The van der Waals surface area contributed by atoms with E-state index in [4.69, 9.17) is 14.2 Å². The third-order valence-corrected chi connectivity index (χ3v) is 12.0. The van der Waals surface area contributed by atoms with Crippen molar-refractivity contribution in [2.24, 2.45) is 0 Å². The van der Waals surface area contributed by atoms with Crippen molar-refractivity contribution >= 4 is 17.9 Å². The van der Waals surface area contributed by atoms with Crippen LogP contribution in [0.3, 0.4) is 0 Å². The molecule has 0 aromatic carbocycles. The highest BCUT2D eigenvalue weighted by molar-refractivity contribution is 5.71. The first-order valence-corrected chi connectivity index (χ1v) is 30.0. The fraction of sp³-hybridized carbons (Fsp3) is 0.580. The molecule has 0 saturated heterocycles. The molecule has 0 amide bonds. The SMILES string of the molecule is CC/C=C\C/C=C\C/C=C\C/C=C\C/C=C\C/C=C\C/C=C\C/C=C\CCCCCCC(=O)OCC(COC(=O)CCCCCCC/C=C\CCCC)OC(=O)CCCCCC/C=C\C/C=C\C/C=C\C/C=C\CC. The Balaban J connectivity index is 4.41.